The molecular weight excluding hydrogens is 426 g/mol. The first kappa shape index (κ1) is 18.9. The summed E-state index contributed by atoms with van der Waals surface area (Å²) in [6.45, 7) is 0.669. The van der Waals surface area contributed by atoms with E-state index in [0.29, 0.717) is 11.0 Å². The number of piperazine rings is 1. The van der Waals surface area contributed by atoms with E-state index in [2.05, 4.69) is 8.75 Å². The van der Waals surface area contributed by atoms with Gasteiger partial charge in [-0.2, -0.15) is 13.1 Å². The zero-order valence-corrected chi connectivity index (χ0v) is 16.7. The maximum absolute atomic E-state index is 13.0. The van der Waals surface area contributed by atoms with Crippen LogP contribution in [0.25, 0.3) is 11.0 Å². The van der Waals surface area contributed by atoms with Crippen molar-refractivity contribution in [2.75, 3.05) is 26.2 Å². The van der Waals surface area contributed by atoms with Gasteiger partial charge in [0, 0.05) is 37.6 Å². The fraction of sp³-hybridized carbons (Fsp3) is 0.267. The van der Waals surface area contributed by atoms with Crippen molar-refractivity contribution in [2.24, 2.45) is 0 Å². The topological polar surface area (TPSA) is 127 Å². The average Bonchev–Trinajstić information content (AvgIpc) is 3.36. The standard InChI is InChI=1S/C15H13N5O5S3/c21-15(10-8-13(20(22)23)26-9-10)18-4-6-19(7-5-18)28(24,25)12-3-1-2-11-14(12)17-27-16-11/h1-3,8-9H,4-7H2. The van der Waals surface area contributed by atoms with Crippen LogP contribution in [0.5, 0.6) is 0 Å². The Kier molecular flexibility index (Phi) is 4.82. The lowest BCUT2D eigenvalue weighted by Gasteiger charge is -2.33. The van der Waals surface area contributed by atoms with Gasteiger partial charge in [-0.15, -0.1) is 0 Å². The van der Waals surface area contributed by atoms with Crippen LogP contribution < -0.4 is 0 Å². The number of fused-ring (bicyclic) bond motifs is 1. The summed E-state index contributed by atoms with van der Waals surface area (Å²) in [7, 11) is -3.77. The summed E-state index contributed by atoms with van der Waals surface area (Å²) in [5, 5.41) is 12.1. The Morgan fingerprint density at radius 2 is 1.93 bits per heavy atom. The number of carbonyl (C=O) groups excluding carboxylic acids is 1. The van der Waals surface area contributed by atoms with Crippen molar-refractivity contribution in [3.8, 4) is 0 Å². The Morgan fingerprint density at radius 3 is 2.61 bits per heavy atom. The van der Waals surface area contributed by atoms with Crippen molar-refractivity contribution in [3.05, 3.63) is 45.3 Å². The van der Waals surface area contributed by atoms with E-state index in [1.54, 1.807) is 12.1 Å². The quantitative estimate of drug-likeness (QED) is 0.448. The molecule has 0 N–H and O–H groups in total. The van der Waals surface area contributed by atoms with Gasteiger partial charge in [-0.25, -0.2) is 8.42 Å². The molecule has 10 nitrogen and oxygen atoms in total. The molecule has 4 rings (SSSR count). The zero-order chi connectivity index (χ0) is 19.9. The molecule has 0 saturated carbocycles. The first-order valence-electron chi connectivity index (χ1n) is 8.11. The van der Waals surface area contributed by atoms with E-state index in [9.17, 15) is 23.3 Å². The Balaban J connectivity index is 1.49. The number of nitrogens with zero attached hydrogens (tertiary/aromatic N) is 5. The number of carbonyl (C=O) groups is 1. The minimum absolute atomic E-state index is 0.102. The molecule has 1 aliphatic rings. The highest BCUT2D eigenvalue weighted by Crippen LogP contribution is 2.27. The van der Waals surface area contributed by atoms with Crippen LogP contribution in [0.1, 0.15) is 10.4 Å². The smallest absolute Gasteiger partial charge is 0.324 e. The van der Waals surface area contributed by atoms with Gasteiger partial charge in [0.2, 0.25) is 10.0 Å². The predicted molar refractivity (Wildman–Crippen MR) is 103 cm³/mol. The summed E-state index contributed by atoms with van der Waals surface area (Å²) in [6, 6.07) is 6.07. The van der Waals surface area contributed by atoms with Crippen LogP contribution in [0.15, 0.2) is 34.5 Å². The maximum Gasteiger partial charge on any atom is 0.324 e. The molecular formula is C15H13N5O5S3. The van der Waals surface area contributed by atoms with Gasteiger partial charge in [0.15, 0.2) is 0 Å². The third-order valence-electron chi connectivity index (χ3n) is 4.41. The number of benzene rings is 1. The van der Waals surface area contributed by atoms with Gasteiger partial charge in [0.25, 0.3) is 5.91 Å². The minimum Gasteiger partial charge on any atom is -0.336 e. The van der Waals surface area contributed by atoms with E-state index in [1.807, 2.05) is 0 Å². The summed E-state index contributed by atoms with van der Waals surface area (Å²) in [5.41, 5.74) is 1.11. The lowest BCUT2D eigenvalue weighted by molar-refractivity contribution is -0.380. The van der Waals surface area contributed by atoms with Crippen molar-refractivity contribution >= 4 is 55.0 Å². The highest BCUT2D eigenvalue weighted by Gasteiger charge is 2.32. The number of rotatable bonds is 4. The van der Waals surface area contributed by atoms with Gasteiger partial charge in [-0.3, -0.25) is 14.9 Å². The SMILES string of the molecule is O=C(c1csc([N+](=O)[O-])c1)N1CCN(S(=O)(=O)c2cccc3nsnc23)CC1. The largest absolute Gasteiger partial charge is 0.336 e. The third-order valence-corrected chi connectivity index (χ3v) is 7.76. The molecule has 3 heterocycles. The molecule has 1 saturated heterocycles. The predicted octanol–water partition coefficient (Wildman–Crippen LogP) is 1.81. The fourth-order valence-corrected chi connectivity index (χ4v) is 5.85. The second kappa shape index (κ2) is 7.16. The van der Waals surface area contributed by atoms with E-state index < -0.39 is 14.9 Å². The highest BCUT2D eigenvalue weighted by atomic mass is 32.2. The summed E-state index contributed by atoms with van der Waals surface area (Å²) in [4.78, 5) is 24.4. The molecule has 0 aliphatic carbocycles. The third kappa shape index (κ3) is 3.26. The average molecular weight is 440 g/mol. The Labute approximate surface area is 167 Å². The molecule has 2 aromatic heterocycles. The normalized spacial score (nSPS) is 15.8. The highest BCUT2D eigenvalue weighted by molar-refractivity contribution is 7.89. The molecule has 28 heavy (non-hydrogen) atoms. The first-order chi connectivity index (χ1) is 13.4. The zero-order valence-electron chi connectivity index (χ0n) is 14.2. The van der Waals surface area contributed by atoms with Crippen LogP contribution in [-0.4, -0.2) is 63.4 Å². The van der Waals surface area contributed by atoms with Gasteiger partial charge < -0.3 is 4.90 Å². The van der Waals surface area contributed by atoms with E-state index in [0.717, 1.165) is 23.1 Å². The van der Waals surface area contributed by atoms with Gasteiger partial charge in [-0.1, -0.05) is 17.4 Å². The Morgan fingerprint density at radius 1 is 1.18 bits per heavy atom. The van der Waals surface area contributed by atoms with Gasteiger partial charge in [-0.05, 0) is 12.1 Å². The van der Waals surface area contributed by atoms with E-state index >= 15 is 0 Å². The number of hydrogen-bond donors (Lipinski definition) is 0. The molecule has 0 bridgehead atoms. The second-order valence-electron chi connectivity index (χ2n) is 6.02. The van der Waals surface area contributed by atoms with Crippen molar-refractivity contribution in [1.29, 1.82) is 0 Å². The number of hydrogen-bond acceptors (Lipinski definition) is 9. The molecule has 1 amide bonds. The minimum atomic E-state index is -3.77. The number of nitro groups is 1. The van der Waals surface area contributed by atoms with Gasteiger partial charge in [0.05, 0.1) is 22.2 Å². The summed E-state index contributed by atoms with van der Waals surface area (Å²) in [6.07, 6.45) is 0. The molecule has 1 aromatic carbocycles. The summed E-state index contributed by atoms with van der Waals surface area (Å²) in [5.74, 6) is -0.341. The van der Waals surface area contributed by atoms with Crippen molar-refractivity contribution in [3.63, 3.8) is 0 Å². The van der Waals surface area contributed by atoms with Crippen LogP contribution in [0.3, 0.4) is 0 Å². The maximum atomic E-state index is 13.0. The molecule has 3 aromatic rings. The van der Waals surface area contributed by atoms with Crippen LogP contribution in [-0.2, 0) is 10.0 Å². The summed E-state index contributed by atoms with van der Waals surface area (Å²) < 4.78 is 35.5. The van der Waals surface area contributed by atoms with E-state index in [4.69, 9.17) is 0 Å². The lowest BCUT2D eigenvalue weighted by Crippen LogP contribution is -2.50. The van der Waals surface area contributed by atoms with Crippen LogP contribution in [0.2, 0.25) is 0 Å². The van der Waals surface area contributed by atoms with Gasteiger partial charge >= 0.3 is 5.00 Å². The molecule has 0 radical (unpaired) electrons. The van der Waals surface area contributed by atoms with Crippen molar-refractivity contribution < 1.29 is 18.1 Å². The van der Waals surface area contributed by atoms with Crippen molar-refractivity contribution in [1.82, 2.24) is 18.0 Å². The van der Waals surface area contributed by atoms with Crippen LogP contribution in [0, 0.1) is 10.1 Å². The van der Waals surface area contributed by atoms with E-state index in [-0.39, 0.29) is 47.5 Å². The molecule has 0 unspecified atom stereocenters. The molecule has 1 aliphatic heterocycles. The van der Waals surface area contributed by atoms with E-state index in [1.165, 1.54) is 26.7 Å². The molecule has 146 valence electrons. The van der Waals surface area contributed by atoms with Crippen molar-refractivity contribution in [2.45, 2.75) is 4.90 Å². The number of sulfonamides is 1. The first-order valence-corrected chi connectivity index (χ1v) is 11.2. The number of thiophene rings is 1. The monoisotopic (exact) mass is 439 g/mol. The molecule has 0 atom stereocenters. The molecule has 1 fully saturated rings. The Bertz CT molecular complexity index is 1160. The van der Waals surface area contributed by atoms with Gasteiger partial charge in [0.1, 0.15) is 15.9 Å². The molecule has 13 heteroatoms. The lowest BCUT2D eigenvalue weighted by atomic mass is 10.2. The van der Waals surface area contributed by atoms with Crippen LogP contribution >= 0.6 is 23.1 Å². The Hall–Kier alpha value is -2.48. The van der Waals surface area contributed by atoms with Crippen LogP contribution in [0.4, 0.5) is 5.00 Å². The molecule has 0 spiro atoms. The number of amides is 1. The summed E-state index contributed by atoms with van der Waals surface area (Å²) >= 11 is 1.84. The second-order valence-corrected chi connectivity index (χ2v) is 9.34. The number of aromatic nitrogens is 2. The fourth-order valence-electron chi connectivity index (χ4n) is 2.98.